The van der Waals surface area contributed by atoms with E-state index in [0.717, 1.165) is 5.56 Å². The highest BCUT2D eigenvalue weighted by molar-refractivity contribution is 5.68. The Labute approximate surface area is 114 Å². The highest BCUT2D eigenvalue weighted by atomic mass is 16.6. The fourth-order valence-corrected chi connectivity index (χ4v) is 1.67. The Morgan fingerprint density at radius 3 is 2.53 bits per heavy atom. The number of carbonyl (C=O) groups is 1. The maximum absolute atomic E-state index is 11.8. The molecule has 1 unspecified atom stereocenters. The summed E-state index contributed by atoms with van der Waals surface area (Å²) in [5.74, 6) is 0.689. The van der Waals surface area contributed by atoms with Crippen LogP contribution >= 0.6 is 0 Å². The molecule has 0 aliphatic carbocycles. The number of ether oxygens (including phenoxy) is 2. The molecule has 106 valence electrons. The Morgan fingerprint density at radius 1 is 1.37 bits per heavy atom. The molecule has 1 amide bonds. The van der Waals surface area contributed by atoms with E-state index in [1.54, 1.807) is 7.11 Å². The molecule has 0 aliphatic heterocycles. The topological polar surface area (TPSA) is 73.6 Å². The SMILES string of the molecule is COc1ccccc1C(CN)NC(=O)OC(C)(C)C. The predicted molar refractivity (Wildman–Crippen MR) is 74.2 cm³/mol. The molecule has 0 saturated carbocycles. The van der Waals surface area contributed by atoms with Crippen LogP contribution in [0.5, 0.6) is 5.75 Å². The summed E-state index contributed by atoms with van der Waals surface area (Å²) in [6.07, 6.45) is -0.492. The van der Waals surface area contributed by atoms with Gasteiger partial charge in [-0.2, -0.15) is 0 Å². The minimum atomic E-state index is -0.538. The zero-order valence-electron chi connectivity index (χ0n) is 11.9. The van der Waals surface area contributed by atoms with Gasteiger partial charge in [0.25, 0.3) is 0 Å². The quantitative estimate of drug-likeness (QED) is 0.876. The van der Waals surface area contributed by atoms with Crippen molar-refractivity contribution in [3.8, 4) is 5.75 Å². The standard InChI is InChI=1S/C14H22N2O3/c1-14(2,3)19-13(17)16-11(9-15)10-7-5-6-8-12(10)18-4/h5-8,11H,9,15H2,1-4H3,(H,16,17). The molecule has 19 heavy (non-hydrogen) atoms. The second-order valence-electron chi connectivity index (χ2n) is 5.18. The monoisotopic (exact) mass is 266 g/mol. The second-order valence-corrected chi connectivity index (χ2v) is 5.18. The lowest BCUT2D eigenvalue weighted by atomic mass is 10.1. The van der Waals surface area contributed by atoms with Gasteiger partial charge in [-0.1, -0.05) is 18.2 Å². The summed E-state index contributed by atoms with van der Waals surface area (Å²) in [6, 6.07) is 7.09. The van der Waals surface area contributed by atoms with Gasteiger partial charge in [0.2, 0.25) is 0 Å². The summed E-state index contributed by atoms with van der Waals surface area (Å²) in [6.45, 7) is 5.70. The number of hydrogen-bond donors (Lipinski definition) is 2. The number of methoxy groups -OCH3 is 1. The average molecular weight is 266 g/mol. The van der Waals surface area contributed by atoms with Gasteiger partial charge in [0.1, 0.15) is 11.4 Å². The van der Waals surface area contributed by atoms with E-state index in [0.29, 0.717) is 5.75 Å². The van der Waals surface area contributed by atoms with Gasteiger partial charge >= 0.3 is 6.09 Å². The lowest BCUT2D eigenvalue weighted by Crippen LogP contribution is -2.37. The molecule has 0 heterocycles. The fraction of sp³-hybridized carbons (Fsp3) is 0.500. The lowest BCUT2D eigenvalue weighted by molar-refractivity contribution is 0.0505. The van der Waals surface area contributed by atoms with Gasteiger partial charge < -0.3 is 20.5 Å². The van der Waals surface area contributed by atoms with Crippen molar-refractivity contribution >= 4 is 6.09 Å². The van der Waals surface area contributed by atoms with Crippen LogP contribution in [0.4, 0.5) is 4.79 Å². The number of amides is 1. The summed E-state index contributed by atoms with van der Waals surface area (Å²) in [7, 11) is 1.58. The molecule has 1 atom stereocenters. The Hall–Kier alpha value is -1.75. The summed E-state index contributed by atoms with van der Waals surface area (Å²) < 4.78 is 10.5. The Morgan fingerprint density at radius 2 is 2.00 bits per heavy atom. The molecule has 0 aliphatic rings. The van der Waals surface area contributed by atoms with Gasteiger partial charge in [-0.15, -0.1) is 0 Å². The van der Waals surface area contributed by atoms with Gasteiger partial charge in [-0.3, -0.25) is 0 Å². The van der Waals surface area contributed by atoms with Crippen LogP contribution in [-0.2, 0) is 4.74 Å². The van der Waals surface area contributed by atoms with Crippen molar-refractivity contribution in [2.45, 2.75) is 32.4 Å². The molecule has 1 rings (SSSR count). The van der Waals surface area contributed by atoms with Gasteiger partial charge in [-0.25, -0.2) is 4.79 Å². The highest BCUT2D eigenvalue weighted by Crippen LogP contribution is 2.24. The Kier molecular flexibility index (Phi) is 5.18. The summed E-state index contributed by atoms with van der Waals surface area (Å²) in [5.41, 5.74) is 6.01. The molecule has 0 aromatic heterocycles. The number of para-hydroxylation sites is 1. The first-order valence-electron chi connectivity index (χ1n) is 6.20. The number of nitrogens with two attached hydrogens (primary N) is 1. The Balaban J connectivity index is 2.81. The van der Waals surface area contributed by atoms with Crippen LogP contribution in [-0.4, -0.2) is 25.3 Å². The first-order valence-corrected chi connectivity index (χ1v) is 6.20. The van der Waals surface area contributed by atoms with E-state index < -0.39 is 11.7 Å². The van der Waals surface area contributed by atoms with Crippen LogP contribution in [0.2, 0.25) is 0 Å². The second kappa shape index (κ2) is 6.43. The van der Waals surface area contributed by atoms with Crippen molar-refractivity contribution in [3.05, 3.63) is 29.8 Å². The number of rotatable bonds is 4. The van der Waals surface area contributed by atoms with Crippen molar-refractivity contribution in [1.29, 1.82) is 0 Å². The van der Waals surface area contributed by atoms with Crippen LogP contribution in [0.25, 0.3) is 0 Å². The van der Waals surface area contributed by atoms with E-state index in [9.17, 15) is 4.79 Å². The normalized spacial score (nSPS) is 12.7. The zero-order valence-corrected chi connectivity index (χ0v) is 11.9. The van der Waals surface area contributed by atoms with Crippen molar-refractivity contribution in [3.63, 3.8) is 0 Å². The minimum Gasteiger partial charge on any atom is -0.496 e. The predicted octanol–water partition coefficient (Wildman–Crippen LogP) is 2.22. The molecule has 0 saturated heterocycles. The smallest absolute Gasteiger partial charge is 0.408 e. The van der Waals surface area contributed by atoms with Gasteiger partial charge in [0, 0.05) is 12.1 Å². The number of benzene rings is 1. The van der Waals surface area contributed by atoms with E-state index in [-0.39, 0.29) is 12.6 Å². The molecule has 1 aromatic rings. The van der Waals surface area contributed by atoms with Gasteiger partial charge in [0.05, 0.1) is 13.2 Å². The maximum atomic E-state index is 11.8. The summed E-state index contributed by atoms with van der Waals surface area (Å²) in [5, 5.41) is 2.75. The zero-order chi connectivity index (χ0) is 14.5. The van der Waals surface area contributed by atoms with Gasteiger partial charge in [-0.05, 0) is 26.8 Å². The van der Waals surface area contributed by atoms with Crippen LogP contribution < -0.4 is 15.8 Å². The average Bonchev–Trinajstić information content (AvgIpc) is 2.33. The molecular weight excluding hydrogens is 244 g/mol. The molecular formula is C14H22N2O3. The Bertz CT molecular complexity index is 427. The van der Waals surface area contributed by atoms with Crippen LogP contribution in [0.1, 0.15) is 32.4 Å². The van der Waals surface area contributed by atoms with E-state index in [2.05, 4.69) is 5.32 Å². The largest absolute Gasteiger partial charge is 0.496 e. The summed E-state index contributed by atoms with van der Waals surface area (Å²) in [4.78, 5) is 11.8. The van der Waals surface area contributed by atoms with Gasteiger partial charge in [0.15, 0.2) is 0 Å². The molecule has 5 heteroatoms. The molecule has 1 aromatic carbocycles. The third-order valence-corrected chi connectivity index (χ3v) is 2.44. The van der Waals surface area contributed by atoms with Crippen LogP contribution in [0.3, 0.4) is 0 Å². The number of carbonyl (C=O) groups excluding carboxylic acids is 1. The maximum Gasteiger partial charge on any atom is 0.408 e. The van der Waals surface area contributed by atoms with Crippen molar-refractivity contribution in [2.24, 2.45) is 5.73 Å². The van der Waals surface area contributed by atoms with Crippen LogP contribution in [0, 0.1) is 0 Å². The fourth-order valence-electron chi connectivity index (χ4n) is 1.67. The minimum absolute atomic E-state index is 0.264. The van der Waals surface area contributed by atoms with E-state index in [1.807, 2.05) is 45.0 Å². The number of nitrogens with one attached hydrogen (secondary N) is 1. The number of alkyl carbamates (subject to hydrolysis) is 1. The van der Waals surface area contributed by atoms with Crippen molar-refractivity contribution in [1.82, 2.24) is 5.32 Å². The van der Waals surface area contributed by atoms with E-state index in [1.165, 1.54) is 0 Å². The molecule has 0 radical (unpaired) electrons. The molecule has 3 N–H and O–H groups in total. The van der Waals surface area contributed by atoms with Crippen molar-refractivity contribution in [2.75, 3.05) is 13.7 Å². The van der Waals surface area contributed by atoms with Crippen molar-refractivity contribution < 1.29 is 14.3 Å². The van der Waals surface area contributed by atoms with Crippen LogP contribution in [0.15, 0.2) is 24.3 Å². The third kappa shape index (κ3) is 4.79. The molecule has 0 spiro atoms. The first kappa shape index (κ1) is 15.3. The molecule has 5 nitrogen and oxygen atoms in total. The van der Waals surface area contributed by atoms with E-state index >= 15 is 0 Å². The highest BCUT2D eigenvalue weighted by Gasteiger charge is 2.21. The number of hydrogen-bond acceptors (Lipinski definition) is 4. The van der Waals surface area contributed by atoms with E-state index in [4.69, 9.17) is 15.2 Å². The first-order chi connectivity index (χ1) is 8.87. The molecule has 0 bridgehead atoms. The third-order valence-electron chi connectivity index (χ3n) is 2.44. The summed E-state index contributed by atoms with van der Waals surface area (Å²) >= 11 is 0. The lowest BCUT2D eigenvalue weighted by Gasteiger charge is -2.24. The molecule has 0 fully saturated rings.